The van der Waals surface area contributed by atoms with Crippen LogP contribution in [0.25, 0.3) is 6.08 Å². The van der Waals surface area contributed by atoms with Crippen molar-refractivity contribution in [2.45, 2.75) is 20.5 Å². The second-order valence-corrected chi connectivity index (χ2v) is 10.3. The molecule has 0 saturated carbocycles. The third-order valence-corrected chi connectivity index (χ3v) is 7.03. The van der Waals surface area contributed by atoms with Gasteiger partial charge in [0.25, 0.3) is 5.91 Å². The summed E-state index contributed by atoms with van der Waals surface area (Å²) in [6, 6.07) is 15.2. The van der Waals surface area contributed by atoms with Crippen LogP contribution in [0.1, 0.15) is 23.6 Å². The third-order valence-electron chi connectivity index (χ3n) is 5.61. The molecule has 4 rings (SSSR count). The lowest BCUT2D eigenvalue weighted by Gasteiger charge is -2.14. The van der Waals surface area contributed by atoms with Gasteiger partial charge in [-0.3, -0.25) is 9.59 Å². The van der Waals surface area contributed by atoms with E-state index in [0.717, 1.165) is 16.0 Å². The molecule has 0 atom stereocenters. The zero-order valence-corrected chi connectivity index (χ0v) is 24.1. The quantitative estimate of drug-likeness (QED) is 0.205. The van der Waals surface area contributed by atoms with Gasteiger partial charge in [-0.25, -0.2) is 9.69 Å². The third kappa shape index (κ3) is 7.11. The van der Waals surface area contributed by atoms with E-state index in [-0.39, 0.29) is 12.3 Å². The molecule has 11 heteroatoms. The fraction of sp³-hybridized carbons (Fsp3) is 0.179. The lowest BCUT2D eigenvalue weighted by Crippen LogP contribution is -2.38. The first-order chi connectivity index (χ1) is 18.6. The van der Waals surface area contributed by atoms with E-state index in [9.17, 15) is 14.4 Å². The van der Waals surface area contributed by atoms with Crippen molar-refractivity contribution in [3.8, 4) is 11.5 Å². The highest BCUT2D eigenvalue weighted by molar-refractivity contribution is 9.10. The van der Waals surface area contributed by atoms with E-state index in [1.807, 2.05) is 26.0 Å². The molecule has 3 aromatic carbocycles. The Kier molecular flexibility index (Phi) is 9.16. The summed E-state index contributed by atoms with van der Waals surface area (Å²) in [5.41, 5.74) is 2.96. The highest BCUT2D eigenvalue weighted by atomic mass is 79.9. The molecule has 0 radical (unpaired) electrons. The fourth-order valence-corrected chi connectivity index (χ4v) is 4.53. The standard InChI is InChI=1S/C28H24BrCl2N3O5/c1-3-38-24-12-18(20(29)13-25(24)39-15-17-7-8-21(30)22(31)10-17)11-23-27(36)34(28(37)33-23)14-26(35)32-19-6-4-5-16(2)9-19/h4-13H,3,14-15H2,1-2H3,(H,32,35)(H,33,37)/b23-11+. The van der Waals surface area contributed by atoms with Crippen molar-refractivity contribution in [3.05, 3.63) is 91.5 Å². The molecule has 39 heavy (non-hydrogen) atoms. The van der Waals surface area contributed by atoms with Crippen molar-refractivity contribution in [1.82, 2.24) is 10.2 Å². The monoisotopic (exact) mass is 631 g/mol. The number of amides is 4. The van der Waals surface area contributed by atoms with Crippen LogP contribution in [0.3, 0.4) is 0 Å². The highest BCUT2D eigenvalue weighted by Gasteiger charge is 2.35. The Morgan fingerprint density at radius 2 is 1.82 bits per heavy atom. The van der Waals surface area contributed by atoms with Gasteiger partial charge in [-0.05, 0) is 73.0 Å². The second kappa shape index (κ2) is 12.5. The predicted octanol–water partition coefficient (Wildman–Crippen LogP) is 6.57. The van der Waals surface area contributed by atoms with Crippen LogP contribution in [0.2, 0.25) is 10.0 Å². The Labute approximate surface area is 244 Å². The van der Waals surface area contributed by atoms with Crippen LogP contribution in [-0.4, -0.2) is 35.9 Å². The SMILES string of the molecule is CCOc1cc(/C=C2/NC(=O)N(CC(=O)Nc3cccc(C)c3)C2=O)c(Br)cc1OCc1ccc(Cl)c(Cl)c1. The first-order valence-electron chi connectivity index (χ1n) is 11.9. The van der Waals surface area contributed by atoms with E-state index in [4.69, 9.17) is 32.7 Å². The van der Waals surface area contributed by atoms with Crippen LogP contribution >= 0.6 is 39.1 Å². The number of aryl methyl sites for hydroxylation is 1. The van der Waals surface area contributed by atoms with Crippen LogP contribution in [0, 0.1) is 6.92 Å². The van der Waals surface area contributed by atoms with Gasteiger partial charge in [-0.1, -0.05) is 57.3 Å². The summed E-state index contributed by atoms with van der Waals surface area (Å²) in [6.07, 6.45) is 1.51. The lowest BCUT2D eigenvalue weighted by atomic mass is 10.1. The van der Waals surface area contributed by atoms with Crippen molar-refractivity contribution < 1.29 is 23.9 Å². The van der Waals surface area contributed by atoms with E-state index >= 15 is 0 Å². The van der Waals surface area contributed by atoms with E-state index in [2.05, 4.69) is 26.6 Å². The number of rotatable bonds is 9. The maximum atomic E-state index is 13.0. The number of anilines is 1. The number of nitrogens with zero attached hydrogens (tertiary/aromatic N) is 1. The van der Waals surface area contributed by atoms with Crippen LogP contribution in [0.15, 0.2) is 64.8 Å². The zero-order valence-electron chi connectivity index (χ0n) is 21.0. The molecule has 0 aliphatic carbocycles. The zero-order chi connectivity index (χ0) is 28.1. The number of ether oxygens (including phenoxy) is 2. The van der Waals surface area contributed by atoms with E-state index in [0.29, 0.717) is 43.9 Å². The van der Waals surface area contributed by atoms with Gasteiger partial charge in [0.1, 0.15) is 18.8 Å². The molecule has 4 amide bonds. The molecule has 1 aliphatic rings. The molecule has 1 fully saturated rings. The van der Waals surface area contributed by atoms with Crippen LogP contribution in [-0.2, 0) is 16.2 Å². The molecule has 1 heterocycles. The molecular formula is C28H24BrCl2N3O5. The summed E-state index contributed by atoms with van der Waals surface area (Å²) in [5.74, 6) is -0.204. The first-order valence-corrected chi connectivity index (χ1v) is 13.4. The van der Waals surface area contributed by atoms with Gasteiger partial charge in [0.15, 0.2) is 11.5 Å². The Morgan fingerprint density at radius 1 is 1.05 bits per heavy atom. The Bertz CT molecular complexity index is 1480. The summed E-state index contributed by atoms with van der Waals surface area (Å²) in [5, 5.41) is 6.11. The van der Waals surface area contributed by atoms with Crippen molar-refractivity contribution in [2.75, 3.05) is 18.5 Å². The van der Waals surface area contributed by atoms with Crippen LogP contribution in [0.4, 0.5) is 10.5 Å². The van der Waals surface area contributed by atoms with Gasteiger partial charge in [0.2, 0.25) is 5.91 Å². The molecular weight excluding hydrogens is 609 g/mol. The minimum Gasteiger partial charge on any atom is -0.490 e. The number of carbonyl (C=O) groups excluding carboxylic acids is 3. The number of hydrogen-bond acceptors (Lipinski definition) is 5. The topological polar surface area (TPSA) is 97.0 Å². The second-order valence-electron chi connectivity index (χ2n) is 8.59. The summed E-state index contributed by atoms with van der Waals surface area (Å²) in [4.78, 5) is 38.8. The molecule has 0 spiro atoms. The van der Waals surface area contributed by atoms with Crippen LogP contribution < -0.4 is 20.1 Å². The Hall–Kier alpha value is -3.53. The van der Waals surface area contributed by atoms with Gasteiger partial charge < -0.3 is 20.1 Å². The fourth-order valence-electron chi connectivity index (χ4n) is 3.77. The predicted molar refractivity (Wildman–Crippen MR) is 154 cm³/mol. The average Bonchev–Trinajstić information content (AvgIpc) is 3.14. The summed E-state index contributed by atoms with van der Waals surface area (Å²) in [7, 11) is 0. The van der Waals surface area contributed by atoms with E-state index in [1.165, 1.54) is 6.08 Å². The lowest BCUT2D eigenvalue weighted by molar-refractivity contribution is -0.127. The summed E-state index contributed by atoms with van der Waals surface area (Å²) in [6.45, 7) is 3.90. The highest BCUT2D eigenvalue weighted by Crippen LogP contribution is 2.36. The smallest absolute Gasteiger partial charge is 0.329 e. The molecule has 0 bridgehead atoms. The maximum absolute atomic E-state index is 13.0. The number of benzene rings is 3. The van der Waals surface area contributed by atoms with Crippen molar-refractivity contribution >= 4 is 68.7 Å². The number of imide groups is 1. The van der Waals surface area contributed by atoms with E-state index in [1.54, 1.807) is 42.5 Å². The molecule has 0 unspecified atom stereocenters. The molecule has 0 aromatic heterocycles. The van der Waals surface area contributed by atoms with Crippen molar-refractivity contribution in [3.63, 3.8) is 0 Å². The molecule has 1 saturated heterocycles. The van der Waals surface area contributed by atoms with Crippen molar-refractivity contribution in [1.29, 1.82) is 0 Å². The summed E-state index contributed by atoms with van der Waals surface area (Å²) < 4.78 is 12.3. The summed E-state index contributed by atoms with van der Waals surface area (Å²) >= 11 is 15.6. The number of urea groups is 1. The van der Waals surface area contributed by atoms with Gasteiger partial charge in [0, 0.05) is 10.2 Å². The van der Waals surface area contributed by atoms with Gasteiger partial charge in [0.05, 0.1) is 16.7 Å². The molecule has 2 N–H and O–H groups in total. The van der Waals surface area contributed by atoms with Crippen molar-refractivity contribution in [2.24, 2.45) is 0 Å². The largest absolute Gasteiger partial charge is 0.490 e. The molecule has 8 nitrogen and oxygen atoms in total. The number of hydrogen-bond donors (Lipinski definition) is 2. The minimum absolute atomic E-state index is 0.0241. The number of carbonyl (C=O) groups is 3. The van der Waals surface area contributed by atoms with Crippen LogP contribution in [0.5, 0.6) is 11.5 Å². The van der Waals surface area contributed by atoms with E-state index < -0.39 is 24.4 Å². The number of nitrogens with one attached hydrogen (secondary N) is 2. The molecule has 3 aromatic rings. The van der Waals surface area contributed by atoms with Gasteiger partial charge in [-0.15, -0.1) is 0 Å². The average molecular weight is 633 g/mol. The maximum Gasteiger partial charge on any atom is 0.329 e. The minimum atomic E-state index is -0.687. The Balaban J connectivity index is 1.49. The first kappa shape index (κ1) is 28.5. The molecule has 202 valence electrons. The molecule has 1 aliphatic heterocycles. The van der Waals surface area contributed by atoms with Gasteiger partial charge >= 0.3 is 6.03 Å². The normalized spacial score (nSPS) is 14.0. The number of halogens is 3. The Morgan fingerprint density at radius 3 is 2.54 bits per heavy atom. The van der Waals surface area contributed by atoms with Gasteiger partial charge in [-0.2, -0.15) is 0 Å².